The zero-order valence-electron chi connectivity index (χ0n) is 12.5. The molecule has 1 N–H and O–H groups in total. The van der Waals surface area contributed by atoms with Gasteiger partial charge in [-0.05, 0) is 35.2 Å². The first-order valence-corrected chi connectivity index (χ1v) is 8.18. The van der Waals surface area contributed by atoms with Crippen LogP contribution in [0.15, 0.2) is 47.9 Å². The lowest BCUT2D eigenvalue weighted by molar-refractivity contribution is -0.141. The van der Waals surface area contributed by atoms with Gasteiger partial charge in [-0.25, -0.2) is 0 Å². The van der Waals surface area contributed by atoms with Crippen molar-refractivity contribution < 1.29 is 14.3 Å². The average Bonchev–Trinajstić information content (AvgIpc) is 3.06. The Morgan fingerprint density at radius 1 is 1.30 bits per heavy atom. The van der Waals surface area contributed by atoms with Crippen molar-refractivity contribution in [1.82, 2.24) is 5.32 Å². The summed E-state index contributed by atoms with van der Waals surface area (Å²) in [5.74, 6) is -0.672. The summed E-state index contributed by atoms with van der Waals surface area (Å²) in [4.78, 5) is 24.6. The molecule has 1 aromatic heterocycles. The van der Waals surface area contributed by atoms with Gasteiger partial charge < -0.3 is 10.1 Å². The summed E-state index contributed by atoms with van der Waals surface area (Å²) >= 11 is 7.41. The van der Waals surface area contributed by atoms with E-state index >= 15 is 0 Å². The van der Waals surface area contributed by atoms with Gasteiger partial charge in [-0.1, -0.05) is 29.8 Å². The van der Waals surface area contributed by atoms with Gasteiger partial charge >= 0.3 is 5.97 Å². The standard InChI is InChI=1S/C17H16ClNO3S/c1-22-17(21)11-15(12-4-6-13(18)7-5-12)19-16(20)9-8-14-3-2-10-23-14/h2-10,15H,11H2,1H3,(H,19,20)/b9-8+. The molecule has 6 heteroatoms. The Balaban J connectivity index is 2.08. The summed E-state index contributed by atoms with van der Waals surface area (Å²) < 4.78 is 4.69. The summed E-state index contributed by atoms with van der Waals surface area (Å²) in [6.07, 6.45) is 3.24. The maximum absolute atomic E-state index is 12.1. The van der Waals surface area contributed by atoms with Gasteiger partial charge in [0.25, 0.3) is 0 Å². The van der Waals surface area contributed by atoms with Gasteiger partial charge in [0.05, 0.1) is 19.6 Å². The molecule has 0 radical (unpaired) electrons. The zero-order valence-corrected chi connectivity index (χ0v) is 14.1. The van der Waals surface area contributed by atoms with Crippen LogP contribution in [0.5, 0.6) is 0 Å². The Morgan fingerprint density at radius 2 is 2.04 bits per heavy atom. The highest BCUT2D eigenvalue weighted by Gasteiger charge is 2.18. The van der Waals surface area contributed by atoms with Gasteiger partial charge in [0.15, 0.2) is 0 Å². The molecule has 120 valence electrons. The number of thiophene rings is 1. The number of rotatable bonds is 6. The van der Waals surface area contributed by atoms with Crippen molar-refractivity contribution in [1.29, 1.82) is 0 Å². The molecule has 0 fully saturated rings. The molecule has 0 saturated carbocycles. The summed E-state index contributed by atoms with van der Waals surface area (Å²) in [6.45, 7) is 0. The minimum atomic E-state index is -0.472. The van der Waals surface area contributed by atoms with E-state index in [4.69, 9.17) is 16.3 Å². The number of benzene rings is 1. The molecule has 1 unspecified atom stereocenters. The van der Waals surface area contributed by atoms with Crippen LogP contribution in [0, 0.1) is 0 Å². The molecule has 1 heterocycles. The molecular formula is C17H16ClNO3S. The predicted octanol–water partition coefficient (Wildman–Crippen LogP) is 3.84. The Kier molecular flexibility index (Phi) is 6.38. The molecule has 1 atom stereocenters. The molecule has 4 nitrogen and oxygen atoms in total. The van der Waals surface area contributed by atoms with Crippen LogP contribution in [0.25, 0.3) is 6.08 Å². The molecular weight excluding hydrogens is 334 g/mol. The number of esters is 1. The molecule has 1 aromatic carbocycles. The molecule has 2 rings (SSSR count). The Bertz CT molecular complexity index is 680. The number of methoxy groups -OCH3 is 1. The number of halogens is 1. The number of carbonyl (C=O) groups excluding carboxylic acids is 2. The first-order chi connectivity index (χ1) is 11.1. The third kappa shape index (κ3) is 5.54. The van der Waals surface area contributed by atoms with E-state index in [1.165, 1.54) is 13.2 Å². The van der Waals surface area contributed by atoms with E-state index < -0.39 is 12.0 Å². The van der Waals surface area contributed by atoms with Crippen molar-refractivity contribution in [2.24, 2.45) is 0 Å². The number of carbonyl (C=O) groups is 2. The van der Waals surface area contributed by atoms with Crippen LogP contribution in [0.2, 0.25) is 5.02 Å². The summed E-state index contributed by atoms with van der Waals surface area (Å²) in [5.41, 5.74) is 0.790. The molecule has 2 aromatic rings. The van der Waals surface area contributed by atoms with Crippen LogP contribution >= 0.6 is 22.9 Å². The van der Waals surface area contributed by atoms with Crippen LogP contribution < -0.4 is 5.32 Å². The number of ether oxygens (including phenoxy) is 1. The first kappa shape index (κ1) is 17.2. The van der Waals surface area contributed by atoms with Crippen molar-refractivity contribution in [2.75, 3.05) is 7.11 Å². The number of hydrogen-bond acceptors (Lipinski definition) is 4. The summed E-state index contributed by atoms with van der Waals surface area (Å²) in [6, 6.07) is 10.3. The summed E-state index contributed by atoms with van der Waals surface area (Å²) in [7, 11) is 1.32. The Hall–Kier alpha value is -2.11. The van der Waals surface area contributed by atoms with Crippen molar-refractivity contribution >= 4 is 40.9 Å². The molecule has 0 aliphatic carbocycles. The first-order valence-electron chi connectivity index (χ1n) is 6.93. The number of hydrogen-bond donors (Lipinski definition) is 1. The lowest BCUT2D eigenvalue weighted by Gasteiger charge is -2.17. The highest BCUT2D eigenvalue weighted by atomic mass is 35.5. The van der Waals surface area contributed by atoms with Crippen LogP contribution in [0.4, 0.5) is 0 Å². The molecule has 23 heavy (non-hydrogen) atoms. The average molecular weight is 350 g/mol. The van der Waals surface area contributed by atoms with Crippen molar-refractivity contribution in [2.45, 2.75) is 12.5 Å². The van der Waals surface area contributed by atoms with Gasteiger partial charge in [0.2, 0.25) is 5.91 Å². The third-order valence-corrected chi connectivity index (χ3v) is 4.22. The molecule has 1 amide bonds. The SMILES string of the molecule is COC(=O)CC(NC(=O)/C=C/c1cccs1)c1ccc(Cl)cc1. The topological polar surface area (TPSA) is 55.4 Å². The van der Waals surface area contributed by atoms with Crippen molar-refractivity contribution in [3.8, 4) is 0 Å². The van der Waals surface area contributed by atoms with E-state index in [0.29, 0.717) is 5.02 Å². The maximum atomic E-state index is 12.1. The second-order valence-electron chi connectivity index (χ2n) is 4.74. The fourth-order valence-corrected chi connectivity index (χ4v) is 2.71. The molecule has 0 aliphatic heterocycles. The van der Waals surface area contributed by atoms with E-state index in [9.17, 15) is 9.59 Å². The van der Waals surface area contributed by atoms with Gasteiger partial charge in [-0.15, -0.1) is 11.3 Å². The van der Waals surface area contributed by atoms with E-state index in [2.05, 4.69) is 5.32 Å². The van der Waals surface area contributed by atoms with Crippen LogP contribution in [-0.2, 0) is 14.3 Å². The molecule has 0 aliphatic rings. The van der Waals surface area contributed by atoms with Crippen LogP contribution in [0.3, 0.4) is 0 Å². The largest absolute Gasteiger partial charge is 0.469 e. The fraction of sp³-hybridized carbons (Fsp3) is 0.176. The third-order valence-electron chi connectivity index (χ3n) is 3.13. The molecule has 0 spiro atoms. The van der Waals surface area contributed by atoms with Crippen LogP contribution in [-0.4, -0.2) is 19.0 Å². The second-order valence-corrected chi connectivity index (χ2v) is 6.16. The zero-order chi connectivity index (χ0) is 16.7. The lowest BCUT2D eigenvalue weighted by atomic mass is 10.0. The second kappa shape index (κ2) is 8.50. The predicted molar refractivity (Wildman–Crippen MR) is 92.3 cm³/mol. The van der Waals surface area contributed by atoms with Gasteiger partial charge in [0.1, 0.15) is 0 Å². The Labute approximate surface area is 143 Å². The lowest BCUT2D eigenvalue weighted by Crippen LogP contribution is -2.29. The highest BCUT2D eigenvalue weighted by Crippen LogP contribution is 2.20. The monoisotopic (exact) mass is 349 g/mol. The van der Waals surface area contributed by atoms with Crippen molar-refractivity contribution in [3.63, 3.8) is 0 Å². The molecule has 0 bridgehead atoms. The summed E-state index contributed by atoms with van der Waals surface area (Å²) in [5, 5.41) is 5.34. The highest BCUT2D eigenvalue weighted by molar-refractivity contribution is 7.10. The normalized spacial score (nSPS) is 12.1. The van der Waals surface area contributed by atoms with E-state index in [-0.39, 0.29) is 12.3 Å². The maximum Gasteiger partial charge on any atom is 0.307 e. The van der Waals surface area contributed by atoms with E-state index in [1.54, 1.807) is 41.7 Å². The number of amides is 1. The van der Waals surface area contributed by atoms with Crippen molar-refractivity contribution in [3.05, 3.63) is 63.3 Å². The van der Waals surface area contributed by atoms with Gasteiger partial charge in [-0.2, -0.15) is 0 Å². The van der Waals surface area contributed by atoms with Gasteiger partial charge in [-0.3, -0.25) is 9.59 Å². The Morgan fingerprint density at radius 3 is 2.65 bits per heavy atom. The van der Waals surface area contributed by atoms with Crippen LogP contribution in [0.1, 0.15) is 22.9 Å². The molecule has 0 saturated heterocycles. The van der Waals surface area contributed by atoms with Gasteiger partial charge in [0, 0.05) is 16.0 Å². The minimum absolute atomic E-state index is 0.0523. The smallest absolute Gasteiger partial charge is 0.307 e. The van der Waals surface area contributed by atoms with E-state index in [0.717, 1.165) is 10.4 Å². The van der Waals surface area contributed by atoms with E-state index in [1.807, 2.05) is 17.5 Å². The fourth-order valence-electron chi connectivity index (χ4n) is 1.96. The quantitative estimate of drug-likeness (QED) is 0.637. The minimum Gasteiger partial charge on any atom is -0.469 e. The number of nitrogens with one attached hydrogen (secondary N) is 1.